The minimum Gasteiger partial charge on any atom is -0.341 e. The van der Waals surface area contributed by atoms with Gasteiger partial charge >= 0.3 is 0 Å². The van der Waals surface area contributed by atoms with E-state index in [9.17, 15) is 22.0 Å². The number of carbonyl (C=O) groups is 1. The summed E-state index contributed by atoms with van der Waals surface area (Å²) in [5.74, 6) is -1.67. The van der Waals surface area contributed by atoms with Gasteiger partial charge in [0.05, 0.1) is 11.8 Å². The van der Waals surface area contributed by atoms with Crippen molar-refractivity contribution in [2.75, 3.05) is 19.3 Å². The van der Waals surface area contributed by atoms with Gasteiger partial charge < -0.3 is 4.90 Å². The van der Waals surface area contributed by atoms with Crippen LogP contribution in [0.15, 0.2) is 42.5 Å². The number of carbonyl (C=O) groups excluding carboxylic acids is 1. The highest BCUT2D eigenvalue weighted by Crippen LogP contribution is 2.56. The van der Waals surface area contributed by atoms with Gasteiger partial charge in [-0.05, 0) is 47.9 Å². The Morgan fingerprint density at radius 3 is 2.45 bits per heavy atom. The lowest BCUT2D eigenvalue weighted by atomic mass is 9.94. The highest BCUT2D eigenvalue weighted by Gasteiger charge is 2.54. The van der Waals surface area contributed by atoms with Gasteiger partial charge in [-0.25, -0.2) is 21.9 Å². The van der Waals surface area contributed by atoms with E-state index in [-0.39, 0.29) is 35.3 Å². The second-order valence-corrected chi connectivity index (χ2v) is 10.4. The van der Waals surface area contributed by atoms with E-state index in [0.717, 1.165) is 18.2 Å². The zero-order valence-electron chi connectivity index (χ0n) is 17.5. The molecule has 4 rings (SSSR count). The van der Waals surface area contributed by atoms with Crippen LogP contribution in [0, 0.1) is 23.5 Å². The molecule has 1 N–H and O–H groups in total. The number of hydrogen-bond acceptors (Lipinski definition) is 3. The molecule has 2 aromatic carbocycles. The maximum Gasteiger partial charge on any atom is 0.226 e. The van der Waals surface area contributed by atoms with Gasteiger partial charge in [-0.3, -0.25) is 4.79 Å². The maximum atomic E-state index is 14.5. The normalized spacial score (nSPS) is 26.0. The Hall–Kier alpha value is -2.32. The standard InChI is InChI=1S/C23H26F2N2O3S/c1-14-20(16-8-3-4-9-17(16)22-18(24)10-5-11-19(22)25)21(14)23(28)27-12-6-7-15(13-27)26-31(2,29)30/h3-5,8-11,14-15,20-21,26H,6-7,12-13H2,1-2H3/t14?,15-,20?,21?/m0/s1. The molecule has 31 heavy (non-hydrogen) atoms. The van der Waals surface area contributed by atoms with Crippen molar-refractivity contribution in [2.24, 2.45) is 11.8 Å². The number of halogens is 2. The molecule has 0 aromatic heterocycles. The summed E-state index contributed by atoms with van der Waals surface area (Å²) < 4.78 is 54.6. The SMILES string of the molecule is CC1C(C(=O)N2CCC[C@H](NS(C)(=O)=O)C2)C1c1ccccc1-c1c(F)cccc1F. The Balaban J connectivity index is 1.57. The van der Waals surface area contributed by atoms with Gasteiger partial charge in [0.2, 0.25) is 15.9 Å². The van der Waals surface area contributed by atoms with Crippen molar-refractivity contribution in [3.8, 4) is 11.1 Å². The number of nitrogens with one attached hydrogen (secondary N) is 1. The van der Waals surface area contributed by atoms with Crippen LogP contribution in [-0.2, 0) is 14.8 Å². The fraction of sp³-hybridized carbons (Fsp3) is 0.435. The van der Waals surface area contributed by atoms with E-state index in [0.29, 0.717) is 25.1 Å². The van der Waals surface area contributed by atoms with Gasteiger partial charge in [0.1, 0.15) is 11.6 Å². The van der Waals surface area contributed by atoms with E-state index < -0.39 is 21.7 Å². The fourth-order valence-electron chi connectivity index (χ4n) is 4.88. The Labute approximate surface area is 181 Å². The quantitative estimate of drug-likeness (QED) is 0.761. The van der Waals surface area contributed by atoms with Gasteiger partial charge in [-0.1, -0.05) is 37.3 Å². The third-order valence-corrected chi connectivity index (χ3v) is 7.09. The second kappa shape index (κ2) is 8.31. The van der Waals surface area contributed by atoms with Crippen LogP contribution in [0.5, 0.6) is 0 Å². The number of hydrogen-bond donors (Lipinski definition) is 1. The molecule has 1 saturated heterocycles. The van der Waals surface area contributed by atoms with Gasteiger partial charge in [0, 0.05) is 25.0 Å². The lowest BCUT2D eigenvalue weighted by Gasteiger charge is -2.33. The van der Waals surface area contributed by atoms with Crippen LogP contribution in [0.2, 0.25) is 0 Å². The number of piperidine rings is 1. The number of benzene rings is 2. The number of sulfonamides is 1. The predicted octanol–water partition coefficient (Wildman–Crippen LogP) is 3.52. The van der Waals surface area contributed by atoms with Gasteiger partial charge in [-0.15, -0.1) is 0 Å². The molecule has 3 unspecified atom stereocenters. The molecule has 0 spiro atoms. The molecule has 4 atom stereocenters. The van der Waals surface area contributed by atoms with Crippen LogP contribution in [0.1, 0.15) is 31.2 Å². The van der Waals surface area contributed by atoms with Gasteiger partial charge in [-0.2, -0.15) is 0 Å². The van der Waals surface area contributed by atoms with Crippen molar-refractivity contribution >= 4 is 15.9 Å². The molecule has 166 valence electrons. The molecule has 1 aliphatic carbocycles. The van der Waals surface area contributed by atoms with E-state index in [1.165, 1.54) is 18.2 Å². The highest BCUT2D eigenvalue weighted by molar-refractivity contribution is 7.88. The molecule has 8 heteroatoms. The molecule has 1 aliphatic heterocycles. The first-order chi connectivity index (χ1) is 14.7. The first kappa shape index (κ1) is 21.9. The van der Waals surface area contributed by atoms with Gasteiger partial charge in [0.15, 0.2) is 0 Å². The summed E-state index contributed by atoms with van der Waals surface area (Å²) in [6, 6.07) is 10.6. The average molecular weight is 449 g/mol. The maximum absolute atomic E-state index is 14.5. The first-order valence-corrected chi connectivity index (χ1v) is 12.4. The third-order valence-electron chi connectivity index (χ3n) is 6.33. The van der Waals surface area contributed by atoms with Crippen LogP contribution in [0.25, 0.3) is 11.1 Å². The van der Waals surface area contributed by atoms with Crippen molar-refractivity contribution in [1.29, 1.82) is 0 Å². The Bertz CT molecular complexity index is 1090. The van der Waals surface area contributed by atoms with E-state index in [2.05, 4.69) is 4.72 Å². The molecule has 0 radical (unpaired) electrons. The first-order valence-electron chi connectivity index (χ1n) is 10.5. The molecule has 5 nitrogen and oxygen atoms in total. The summed E-state index contributed by atoms with van der Waals surface area (Å²) in [4.78, 5) is 15.0. The van der Waals surface area contributed by atoms with Crippen molar-refractivity contribution in [1.82, 2.24) is 9.62 Å². The largest absolute Gasteiger partial charge is 0.341 e. The van der Waals surface area contributed by atoms with Crippen LogP contribution in [0.3, 0.4) is 0 Å². The lowest BCUT2D eigenvalue weighted by molar-refractivity contribution is -0.134. The Morgan fingerprint density at radius 1 is 1.10 bits per heavy atom. The average Bonchev–Trinajstić information content (AvgIpc) is 3.37. The molecule has 1 heterocycles. The summed E-state index contributed by atoms with van der Waals surface area (Å²) in [6.07, 6.45) is 2.53. The van der Waals surface area contributed by atoms with Gasteiger partial charge in [0.25, 0.3) is 0 Å². The Morgan fingerprint density at radius 2 is 1.77 bits per heavy atom. The molecular weight excluding hydrogens is 422 g/mol. The molecule has 2 aromatic rings. The van der Waals surface area contributed by atoms with E-state index in [4.69, 9.17) is 0 Å². The van der Waals surface area contributed by atoms with Crippen molar-refractivity contribution in [3.63, 3.8) is 0 Å². The van der Waals surface area contributed by atoms with E-state index >= 15 is 0 Å². The minimum atomic E-state index is -3.35. The predicted molar refractivity (Wildman–Crippen MR) is 115 cm³/mol. The van der Waals surface area contributed by atoms with Crippen molar-refractivity contribution in [3.05, 3.63) is 59.7 Å². The number of rotatable bonds is 5. The monoisotopic (exact) mass is 448 g/mol. The van der Waals surface area contributed by atoms with Crippen LogP contribution < -0.4 is 4.72 Å². The molecule has 0 bridgehead atoms. The lowest BCUT2D eigenvalue weighted by Crippen LogP contribution is -2.49. The number of nitrogens with zero attached hydrogens (tertiary/aromatic N) is 1. The summed E-state index contributed by atoms with van der Waals surface area (Å²) in [5.41, 5.74) is 1.17. The highest BCUT2D eigenvalue weighted by atomic mass is 32.2. The molecule has 2 aliphatic rings. The smallest absolute Gasteiger partial charge is 0.226 e. The summed E-state index contributed by atoms with van der Waals surface area (Å²) in [5, 5.41) is 0. The summed E-state index contributed by atoms with van der Waals surface area (Å²) >= 11 is 0. The van der Waals surface area contributed by atoms with Crippen molar-refractivity contribution < 1.29 is 22.0 Å². The molecule has 1 saturated carbocycles. The Kier molecular flexibility index (Phi) is 5.87. The zero-order chi connectivity index (χ0) is 22.3. The van der Waals surface area contributed by atoms with Crippen LogP contribution in [-0.4, -0.2) is 44.6 Å². The molecule has 1 amide bonds. The number of amides is 1. The van der Waals surface area contributed by atoms with E-state index in [1.54, 1.807) is 17.0 Å². The fourth-order valence-corrected chi connectivity index (χ4v) is 5.67. The second-order valence-electron chi connectivity index (χ2n) is 8.61. The summed E-state index contributed by atoms with van der Waals surface area (Å²) in [7, 11) is -3.35. The van der Waals surface area contributed by atoms with Crippen LogP contribution >= 0.6 is 0 Å². The zero-order valence-corrected chi connectivity index (χ0v) is 18.3. The van der Waals surface area contributed by atoms with Crippen LogP contribution in [0.4, 0.5) is 8.78 Å². The number of likely N-dealkylation sites (tertiary alicyclic amines) is 1. The minimum absolute atomic E-state index is 0.0266. The third kappa shape index (κ3) is 4.50. The van der Waals surface area contributed by atoms with E-state index in [1.807, 2.05) is 19.1 Å². The molecular formula is C23H26F2N2O3S. The van der Waals surface area contributed by atoms with Crippen molar-refractivity contribution in [2.45, 2.75) is 31.7 Å². The topological polar surface area (TPSA) is 66.5 Å². The summed E-state index contributed by atoms with van der Waals surface area (Å²) in [6.45, 7) is 2.89. The molecule has 2 fully saturated rings.